The number of nitrogen functional groups attached to an aromatic ring is 1. The summed E-state index contributed by atoms with van der Waals surface area (Å²) in [5, 5.41) is 19.6. The van der Waals surface area contributed by atoms with Crippen molar-refractivity contribution >= 4 is 16.6 Å². The van der Waals surface area contributed by atoms with Gasteiger partial charge in [0.05, 0.1) is 5.56 Å². The van der Waals surface area contributed by atoms with E-state index in [0.29, 0.717) is 17.1 Å². The molecule has 0 bridgehead atoms. The quantitative estimate of drug-likeness (QED) is 0.519. The summed E-state index contributed by atoms with van der Waals surface area (Å²) in [6, 6.07) is 12.1. The Balaban J connectivity index is 0.000000424. The number of aliphatic hydroxyl groups is 1. The van der Waals surface area contributed by atoms with E-state index in [-0.39, 0.29) is 0 Å². The Hall–Kier alpha value is -2.71. The molecule has 5 nitrogen and oxygen atoms in total. The lowest BCUT2D eigenvalue weighted by Crippen LogP contribution is -2.04. The van der Waals surface area contributed by atoms with E-state index in [2.05, 4.69) is 15.5 Å². The molecule has 1 aromatic heterocycles. The predicted molar refractivity (Wildman–Crippen MR) is 116 cm³/mol. The number of anilines is 1. The predicted octanol–water partition coefficient (Wildman–Crippen LogP) is 4.90. The Morgan fingerprint density at radius 3 is 1.87 bits per heavy atom. The van der Waals surface area contributed by atoms with Gasteiger partial charge in [-0.3, -0.25) is 0 Å². The summed E-state index contributed by atoms with van der Waals surface area (Å²) in [7, 11) is 1.00. The lowest BCUT2D eigenvalue weighted by atomic mass is 10.0. The third-order valence-corrected chi connectivity index (χ3v) is 4.16. The van der Waals surface area contributed by atoms with Gasteiger partial charge in [-0.15, -0.1) is 10.2 Å². The average Bonchev–Trinajstić information content (AvgIpc) is 3.37. The van der Waals surface area contributed by atoms with Crippen molar-refractivity contribution in [2.45, 2.75) is 32.9 Å². The maximum atomic E-state index is 12.6. The number of aliphatic hydroxyl groups excluding tert-OH is 1. The van der Waals surface area contributed by atoms with Crippen molar-refractivity contribution in [2.75, 3.05) is 25.9 Å². The lowest BCUT2D eigenvalue weighted by Gasteiger charge is -2.09. The van der Waals surface area contributed by atoms with Crippen LogP contribution in [0.4, 0.5) is 19.0 Å². The second-order valence-corrected chi connectivity index (χ2v) is 6.01. The summed E-state index contributed by atoms with van der Waals surface area (Å²) in [5.74, 6) is 0.293. The minimum atomic E-state index is -4.35. The molecule has 0 spiro atoms. The van der Waals surface area contributed by atoms with Crippen molar-refractivity contribution in [1.29, 1.82) is 0 Å². The molecule has 1 saturated heterocycles. The van der Waals surface area contributed by atoms with Crippen LogP contribution in [0, 0.1) is 0 Å². The third kappa shape index (κ3) is 6.96. The number of nitrogens with one attached hydrogen (secondary N) is 1. The van der Waals surface area contributed by atoms with Gasteiger partial charge in [0.15, 0.2) is 5.82 Å². The van der Waals surface area contributed by atoms with Crippen molar-refractivity contribution < 1.29 is 18.3 Å². The Morgan fingerprint density at radius 2 is 1.40 bits per heavy atom. The lowest BCUT2D eigenvalue weighted by molar-refractivity contribution is -0.137. The van der Waals surface area contributed by atoms with Gasteiger partial charge in [0.1, 0.15) is 5.69 Å². The summed E-state index contributed by atoms with van der Waals surface area (Å²) in [6.07, 6.45) is -1.58. The van der Waals surface area contributed by atoms with Gasteiger partial charge in [-0.25, -0.2) is 0 Å². The van der Waals surface area contributed by atoms with Crippen LogP contribution in [0.15, 0.2) is 48.5 Å². The molecule has 3 aromatic rings. The zero-order valence-corrected chi connectivity index (χ0v) is 17.5. The molecule has 8 heteroatoms. The molecule has 0 atom stereocenters. The van der Waals surface area contributed by atoms with Crippen LogP contribution in [-0.2, 0) is 6.18 Å². The smallest absolute Gasteiger partial charge is 0.400 e. The third-order valence-electron chi connectivity index (χ3n) is 4.16. The Labute approximate surface area is 175 Å². The SMILES string of the molecule is C1CCNC1.CC.CO.Nc1nnc(-c2ccc(C(F)(F)F)cc2)c2ccccc12. The van der Waals surface area contributed by atoms with Gasteiger partial charge in [0.25, 0.3) is 0 Å². The van der Waals surface area contributed by atoms with Gasteiger partial charge in [-0.05, 0) is 38.1 Å². The molecule has 30 heavy (non-hydrogen) atoms. The molecule has 4 N–H and O–H groups in total. The number of aromatic nitrogens is 2. The van der Waals surface area contributed by atoms with Gasteiger partial charge in [-0.2, -0.15) is 13.2 Å². The summed E-state index contributed by atoms with van der Waals surface area (Å²) in [6.45, 7) is 6.50. The van der Waals surface area contributed by atoms with Gasteiger partial charge < -0.3 is 16.2 Å². The molecule has 0 saturated carbocycles. The first kappa shape index (κ1) is 25.3. The van der Waals surface area contributed by atoms with E-state index in [1.807, 2.05) is 32.0 Å². The number of benzene rings is 2. The first-order valence-corrected chi connectivity index (χ1v) is 9.81. The van der Waals surface area contributed by atoms with Gasteiger partial charge in [0.2, 0.25) is 0 Å². The minimum Gasteiger partial charge on any atom is -0.400 e. The van der Waals surface area contributed by atoms with Crippen molar-refractivity contribution in [2.24, 2.45) is 0 Å². The monoisotopic (exact) mass is 422 g/mol. The molecular formula is C22H29F3N4O. The highest BCUT2D eigenvalue weighted by molar-refractivity contribution is 5.99. The molecule has 4 rings (SSSR count). The topological polar surface area (TPSA) is 84.1 Å². The molecule has 1 aliphatic rings. The molecule has 0 unspecified atom stereocenters. The first-order chi connectivity index (χ1) is 14.5. The number of hydrogen-bond acceptors (Lipinski definition) is 5. The fourth-order valence-electron chi connectivity index (χ4n) is 2.78. The number of halogens is 3. The second-order valence-electron chi connectivity index (χ2n) is 6.01. The summed E-state index contributed by atoms with van der Waals surface area (Å²) in [4.78, 5) is 0. The maximum Gasteiger partial charge on any atom is 0.416 e. The van der Waals surface area contributed by atoms with E-state index < -0.39 is 11.7 Å². The molecule has 0 radical (unpaired) electrons. The van der Waals surface area contributed by atoms with Crippen molar-refractivity contribution in [3.05, 3.63) is 54.1 Å². The average molecular weight is 422 g/mol. The van der Waals surface area contributed by atoms with Gasteiger partial charge >= 0.3 is 6.18 Å². The molecular weight excluding hydrogens is 393 g/mol. The van der Waals surface area contributed by atoms with Crippen LogP contribution in [0.1, 0.15) is 32.3 Å². The fraction of sp³-hybridized carbons (Fsp3) is 0.364. The number of fused-ring (bicyclic) bond motifs is 1. The molecule has 1 fully saturated rings. The van der Waals surface area contributed by atoms with Gasteiger partial charge in [-0.1, -0.05) is 50.2 Å². The zero-order chi connectivity index (χ0) is 22.6. The van der Waals surface area contributed by atoms with E-state index >= 15 is 0 Å². The number of nitrogens with zero attached hydrogens (tertiary/aromatic N) is 2. The fourth-order valence-corrected chi connectivity index (χ4v) is 2.78. The van der Waals surface area contributed by atoms with Crippen molar-refractivity contribution in [1.82, 2.24) is 15.5 Å². The first-order valence-electron chi connectivity index (χ1n) is 9.81. The van der Waals surface area contributed by atoms with E-state index in [4.69, 9.17) is 10.8 Å². The second kappa shape index (κ2) is 12.8. The molecule has 164 valence electrons. The molecule has 2 aromatic carbocycles. The highest BCUT2D eigenvalue weighted by Gasteiger charge is 2.30. The Kier molecular flexibility index (Phi) is 10.8. The number of nitrogens with two attached hydrogens (primary N) is 1. The van der Waals surface area contributed by atoms with Crippen LogP contribution in [0.2, 0.25) is 0 Å². The largest absolute Gasteiger partial charge is 0.416 e. The van der Waals surface area contributed by atoms with Gasteiger partial charge in [0, 0.05) is 23.4 Å². The minimum absolute atomic E-state index is 0.293. The highest BCUT2D eigenvalue weighted by atomic mass is 19.4. The van der Waals surface area contributed by atoms with E-state index in [1.54, 1.807) is 6.07 Å². The summed E-state index contributed by atoms with van der Waals surface area (Å²) >= 11 is 0. The van der Waals surface area contributed by atoms with Crippen molar-refractivity contribution in [3.63, 3.8) is 0 Å². The van der Waals surface area contributed by atoms with E-state index in [9.17, 15) is 13.2 Å². The van der Waals surface area contributed by atoms with Crippen molar-refractivity contribution in [3.8, 4) is 11.3 Å². The number of hydrogen-bond donors (Lipinski definition) is 3. The zero-order valence-electron chi connectivity index (χ0n) is 17.5. The summed E-state index contributed by atoms with van der Waals surface area (Å²) < 4.78 is 37.8. The summed E-state index contributed by atoms with van der Waals surface area (Å²) in [5.41, 5.74) is 6.14. The van der Waals surface area contributed by atoms with Crippen LogP contribution in [-0.4, -0.2) is 35.5 Å². The number of alkyl halides is 3. The van der Waals surface area contributed by atoms with Crippen LogP contribution in [0.3, 0.4) is 0 Å². The standard InChI is InChI=1S/C15H10F3N3.C4H9N.C2H6.CH4O/c16-15(17,18)10-7-5-9(6-8-10)13-11-3-1-2-4-12(11)14(19)21-20-13;1-2-4-5-3-1;2*1-2/h1-8H,(H2,19,21);5H,1-4H2;1-2H3;2H,1H3. The number of rotatable bonds is 1. The highest BCUT2D eigenvalue weighted by Crippen LogP contribution is 2.32. The Morgan fingerprint density at radius 1 is 0.867 bits per heavy atom. The Bertz CT molecular complexity index is 872. The van der Waals surface area contributed by atoms with E-state index in [1.165, 1.54) is 38.1 Å². The van der Waals surface area contributed by atoms with Crippen LogP contribution in [0.5, 0.6) is 0 Å². The molecule has 2 heterocycles. The maximum absolute atomic E-state index is 12.6. The molecule has 1 aliphatic heterocycles. The molecule has 0 amide bonds. The molecule has 0 aliphatic carbocycles. The van der Waals surface area contributed by atoms with Crippen LogP contribution >= 0.6 is 0 Å². The van der Waals surface area contributed by atoms with E-state index in [0.717, 1.165) is 30.0 Å². The van der Waals surface area contributed by atoms with Crippen LogP contribution in [0.25, 0.3) is 22.0 Å². The normalized spacial score (nSPS) is 12.6. The van der Waals surface area contributed by atoms with Crippen LogP contribution < -0.4 is 11.1 Å².